The lowest BCUT2D eigenvalue weighted by Crippen LogP contribution is -2.33. The molecule has 0 unspecified atom stereocenters. The largest absolute Gasteiger partial charge is 0.309 e. The third kappa shape index (κ3) is 1.88. The highest BCUT2D eigenvalue weighted by Crippen LogP contribution is 2.60. The molecule has 0 amide bonds. The number of benzene rings is 5. The Hall–Kier alpha value is -4.10. The Kier molecular flexibility index (Phi) is 3.08. The fraction of sp³-hybridized carbons (Fsp3) is 0.0625. The number of hydrogen-bond donors (Lipinski definition) is 0. The van der Waals surface area contributed by atoms with Crippen LogP contribution in [-0.4, -0.2) is 4.57 Å². The molecule has 33 heavy (non-hydrogen) atoms. The quantitative estimate of drug-likeness (QED) is 0.237. The monoisotopic (exact) mass is 419 g/mol. The first-order valence-corrected chi connectivity index (χ1v) is 11.6. The van der Waals surface area contributed by atoms with Crippen LogP contribution < -0.4 is 0 Å². The van der Waals surface area contributed by atoms with Crippen LogP contribution in [0.4, 0.5) is 0 Å². The van der Waals surface area contributed by atoms with E-state index in [1.807, 2.05) is 0 Å². The second kappa shape index (κ2) is 5.82. The molecule has 1 heteroatoms. The minimum Gasteiger partial charge on any atom is -0.309 e. The van der Waals surface area contributed by atoms with Gasteiger partial charge in [-0.2, -0.15) is 0 Å². The van der Waals surface area contributed by atoms with Crippen molar-refractivity contribution in [1.82, 2.24) is 4.57 Å². The van der Waals surface area contributed by atoms with Gasteiger partial charge in [-0.05, 0) is 52.4 Å². The van der Waals surface area contributed by atoms with Gasteiger partial charge in [-0.1, -0.05) is 103 Å². The summed E-state index contributed by atoms with van der Waals surface area (Å²) in [5.74, 6) is 0. The van der Waals surface area contributed by atoms with Crippen LogP contribution in [0.5, 0.6) is 0 Å². The lowest BCUT2D eigenvalue weighted by molar-refractivity contribution is 0.747. The highest BCUT2D eigenvalue weighted by Gasteiger charge is 2.50. The van der Waals surface area contributed by atoms with Gasteiger partial charge in [0.1, 0.15) is 0 Å². The number of aromatic nitrogens is 1. The second-order valence-corrected chi connectivity index (χ2v) is 9.42. The maximum Gasteiger partial charge on any atom is 0.0754 e. The zero-order valence-electron chi connectivity index (χ0n) is 18.3. The summed E-state index contributed by atoms with van der Waals surface area (Å²) in [6.07, 6.45) is 0. The summed E-state index contributed by atoms with van der Waals surface area (Å²) in [6, 6.07) is 40.8. The molecular formula is C32H21N. The van der Waals surface area contributed by atoms with Gasteiger partial charge in [0.05, 0.1) is 22.1 Å². The summed E-state index contributed by atoms with van der Waals surface area (Å²) >= 11 is 0. The van der Waals surface area contributed by atoms with Crippen molar-refractivity contribution < 1.29 is 0 Å². The molecule has 1 spiro atoms. The zero-order chi connectivity index (χ0) is 21.7. The van der Waals surface area contributed by atoms with Crippen LogP contribution in [0.1, 0.15) is 27.8 Å². The Balaban J connectivity index is 1.71. The molecule has 0 radical (unpaired) electrons. The van der Waals surface area contributed by atoms with Crippen molar-refractivity contribution in [2.45, 2.75) is 12.3 Å². The van der Waals surface area contributed by atoms with Crippen LogP contribution in [0.15, 0.2) is 109 Å². The van der Waals surface area contributed by atoms with Gasteiger partial charge in [0.2, 0.25) is 0 Å². The highest BCUT2D eigenvalue weighted by atomic mass is 15.0. The second-order valence-electron chi connectivity index (χ2n) is 9.42. The van der Waals surface area contributed by atoms with Crippen LogP contribution in [0.3, 0.4) is 0 Å². The summed E-state index contributed by atoms with van der Waals surface area (Å²) in [7, 11) is 0. The molecule has 2 heterocycles. The van der Waals surface area contributed by atoms with Crippen LogP contribution in [0.2, 0.25) is 0 Å². The van der Waals surface area contributed by atoms with Crippen molar-refractivity contribution in [3.8, 4) is 16.8 Å². The van der Waals surface area contributed by atoms with E-state index in [1.54, 1.807) is 0 Å². The van der Waals surface area contributed by atoms with E-state index in [4.69, 9.17) is 0 Å². The van der Waals surface area contributed by atoms with E-state index in [0.717, 1.165) is 0 Å². The summed E-state index contributed by atoms with van der Waals surface area (Å²) in [4.78, 5) is 0. The van der Waals surface area contributed by atoms with Gasteiger partial charge < -0.3 is 4.57 Å². The average molecular weight is 420 g/mol. The lowest BCUT2D eigenvalue weighted by Gasteiger charge is -2.39. The molecule has 5 aromatic carbocycles. The molecule has 0 saturated heterocycles. The number of hydrogen-bond acceptors (Lipinski definition) is 0. The number of para-hydroxylation sites is 2. The van der Waals surface area contributed by atoms with E-state index in [9.17, 15) is 0 Å². The smallest absolute Gasteiger partial charge is 0.0754 e. The molecule has 0 fully saturated rings. The van der Waals surface area contributed by atoms with Crippen molar-refractivity contribution >= 4 is 21.8 Å². The predicted molar refractivity (Wildman–Crippen MR) is 136 cm³/mol. The summed E-state index contributed by atoms with van der Waals surface area (Å²) in [5.41, 5.74) is 13.1. The third-order valence-electron chi connectivity index (χ3n) is 7.85. The van der Waals surface area contributed by atoms with Crippen LogP contribution in [0, 0.1) is 6.92 Å². The molecule has 0 bridgehead atoms. The molecule has 0 saturated carbocycles. The Morgan fingerprint density at radius 3 is 1.97 bits per heavy atom. The summed E-state index contributed by atoms with van der Waals surface area (Å²) in [6.45, 7) is 2.21. The average Bonchev–Trinajstić information content (AvgIpc) is 3.35. The molecule has 154 valence electrons. The van der Waals surface area contributed by atoms with Crippen molar-refractivity contribution in [1.29, 1.82) is 0 Å². The SMILES string of the molecule is Cc1ccc2c(c1)C1(c3ccccc3-c3ccccc31)c1cccc3c4ccccc4n-2c13. The Morgan fingerprint density at radius 2 is 1.18 bits per heavy atom. The van der Waals surface area contributed by atoms with Crippen molar-refractivity contribution in [2.75, 3.05) is 0 Å². The number of aryl methyl sites for hydroxylation is 1. The zero-order valence-corrected chi connectivity index (χ0v) is 18.3. The molecule has 0 atom stereocenters. The molecule has 1 aromatic heterocycles. The maximum atomic E-state index is 2.50. The van der Waals surface area contributed by atoms with E-state index in [-0.39, 0.29) is 5.41 Å². The summed E-state index contributed by atoms with van der Waals surface area (Å²) < 4.78 is 2.50. The number of rotatable bonds is 0. The molecule has 0 N–H and O–H groups in total. The van der Waals surface area contributed by atoms with Crippen LogP contribution in [-0.2, 0) is 5.41 Å². The standard InChI is InChI=1S/C32H21N/c1-20-17-18-30-28(19-20)32(25-13-5-2-9-21(25)22-10-3-6-14-26(22)32)27-15-8-12-24-23-11-4-7-16-29(23)33(30)31(24)27/h2-19H,1H3. The Labute approximate surface area is 192 Å². The fourth-order valence-electron chi connectivity index (χ4n) is 6.68. The Bertz CT molecular complexity index is 1740. The van der Waals surface area contributed by atoms with E-state index in [2.05, 4.69) is 121 Å². The first-order valence-electron chi connectivity index (χ1n) is 11.6. The number of fused-ring (bicyclic) bond motifs is 12. The molecule has 2 aliphatic rings. The minimum absolute atomic E-state index is 0.321. The summed E-state index contributed by atoms with van der Waals surface area (Å²) in [5, 5.41) is 2.65. The first-order chi connectivity index (χ1) is 16.3. The predicted octanol–water partition coefficient (Wildman–Crippen LogP) is 7.77. The lowest BCUT2D eigenvalue weighted by atomic mass is 9.65. The minimum atomic E-state index is -0.321. The van der Waals surface area contributed by atoms with Gasteiger partial charge in [-0.25, -0.2) is 0 Å². The van der Waals surface area contributed by atoms with Gasteiger partial charge in [0.25, 0.3) is 0 Å². The van der Waals surface area contributed by atoms with Gasteiger partial charge in [0.15, 0.2) is 0 Å². The van der Waals surface area contributed by atoms with Crippen LogP contribution in [0.25, 0.3) is 38.6 Å². The molecule has 1 nitrogen and oxygen atoms in total. The molecule has 1 aliphatic carbocycles. The van der Waals surface area contributed by atoms with E-state index in [0.29, 0.717) is 0 Å². The molecule has 8 rings (SSSR count). The topological polar surface area (TPSA) is 4.93 Å². The van der Waals surface area contributed by atoms with E-state index < -0.39 is 0 Å². The van der Waals surface area contributed by atoms with Gasteiger partial charge in [-0.3, -0.25) is 0 Å². The van der Waals surface area contributed by atoms with Gasteiger partial charge in [0, 0.05) is 10.8 Å². The van der Waals surface area contributed by atoms with Gasteiger partial charge in [-0.15, -0.1) is 0 Å². The van der Waals surface area contributed by atoms with Crippen molar-refractivity contribution in [3.63, 3.8) is 0 Å². The molecule has 1 aliphatic heterocycles. The van der Waals surface area contributed by atoms with Crippen molar-refractivity contribution in [2.24, 2.45) is 0 Å². The highest BCUT2D eigenvalue weighted by molar-refractivity contribution is 6.12. The fourth-order valence-corrected chi connectivity index (χ4v) is 6.68. The first kappa shape index (κ1) is 17.5. The number of nitrogens with zero attached hydrogens (tertiary/aromatic N) is 1. The molecular weight excluding hydrogens is 398 g/mol. The van der Waals surface area contributed by atoms with Gasteiger partial charge >= 0.3 is 0 Å². The van der Waals surface area contributed by atoms with E-state index >= 15 is 0 Å². The van der Waals surface area contributed by atoms with Crippen LogP contribution >= 0.6 is 0 Å². The van der Waals surface area contributed by atoms with E-state index in [1.165, 1.54) is 66.4 Å². The normalized spacial score (nSPS) is 14.5. The maximum absolute atomic E-state index is 2.50. The Morgan fingerprint density at radius 1 is 0.545 bits per heavy atom. The molecule has 6 aromatic rings. The third-order valence-corrected chi connectivity index (χ3v) is 7.85. The van der Waals surface area contributed by atoms with Crippen molar-refractivity contribution in [3.05, 3.63) is 137 Å².